The quantitative estimate of drug-likeness (QED) is 0.350. The Labute approximate surface area is 182 Å². The number of alkyl halides is 1. The van der Waals surface area contributed by atoms with E-state index in [-0.39, 0.29) is 34.0 Å². The molecule has 0 spiro atoms. The third-order valence-corrected chi connectivity index (χ3v) is 5.15. The van der Waals surface area contributed by atoms with Crippen molar-refractivity contribution in [2.24, 2.45) is 0 Å². The van der Waals surface area contributed by atoms with Crippen LogP contribution in [0.5, 0.6) is 28.7 Å². The summed E-state index contributed by atoms with van der Waals surface area (Å²) in [6.07, 6.45) is 1.64. The monoisotopic (exact) mass is 478 g/mol. The Morgan fingerprint density at radius 3 is 2.33 bits per heavy atom. The molecule has 0 amide bonds. The first-order chi connectivity index (χ1) is 14.5. The predicted octanol–water partition coefficient (Wildman–Crippen LogP) is 4.75. The second kappa shape index (κ2) is 9.75. The molecule has 0 aliphatic carbocycles. The molecule has 0 atom stereocenters. The van der Waals surface area contributed by atoms with Gasteiger partial charge >= 0.3 is 0 Å². The first kappa shape index (κ1) is 21.8. The van der Waals surface area contributed by atoms with E-state index in [0.29, 0.717) is 23.7 Å². The summed E-state index contributed by atoms with van der Waals surface area (Å²) < 4.78 is 27.6. The fourth-order valence-corrected chi connectivity index (χ4v) is 3.46. The number of fused-ring (bicyclic) bond motifs is 1. The molecule has 0 saturated heterocycles. The van der Waals surface area contributed by atoms with Gasteiger partial charge in [0.15, 0.2) is 28.8 Å². The highest BCUT2D eigenvalue weighted by atomic mass is 79.9. The number of unbranched alkanes of at least 4 members (excludes halogenated alkanes) is 1. The lowest BCUT2D eigenvalue weighted by atomic mass is 10.1. The van der Waals surface area contributed by atoms with E-state index in [0.717, 1.165) is 18.2 Å². The van der Waals surface area contributed by atoms with E-state index in [1.165, 1.54) is 20.3 Å². The van der Waals surface area contributed by atoms with E-state index in [1.54, 1.807) is 31.4 Å². The minimum Gasteiger partial charge on any atom is -0.504 e. The van der Waals surface area contributed by atoms with E-state index < -0.39 is 5.43 Å². The minimum atomic E-state index is -0.476. The van der Waals surface area contributed by atoms with Gasteiger partial charge in [0.25, 0.3) is 0 Å². The number of benzene rings is 2. The number of phenols is 1. The second-order valence-electron chi connectivity index (χ2n) is 6.39. The van der Waals surface area contributed by atoms with E-state index in [9.17, 15) is 9.90 Å². The van der Waals surface area contributed by atoms with Gasteiger partial charge in [0.05, 0.1) is 27.9 Å². The largest absolute Gasteiger partial charge is 0.504 e. The minimum absolute atomic E-state index is 0.00840. The molecule has 1 aromatic heterocycles. The highest BCUT2D eigenvalue weighted by Crippen LogP contribution is 2.40. The van der Waals surface area contributed by atoms with Crippen molar-refractivity contribution in [3.63, 3.8) is 0 Å². The molecule has 0 aliphatic rings. The van der Waals surface area contributed by atoms with Crippen molar-refractivity contribution in [2.45, 2.75) is 12.8 Å². The maximum atomic E-state index is 13.3. The van der Waals surface area contributed by atoms with Crippen molar-refractivity contribution >= 4 is 26.9 Å². The lowest BCUT2D eigenvalue weighted by molar-refractivity contribution is 0.301. The van der Waals surface area contributed by atoms with Crippen molar-refractivity contribution in [3.8, 4) is 40.1 Å². The van der Waals surface area contributed by atoms with E-state index in [4.69, 9.17) is 23.4 Å². The number of halogens is 1. The fraction of sp³-hybridized carbons (Fsp3) is 0.318. The summed E-state index contributed by atoms with van der Waals surface area (Å²) in [7, 11) is 4.49. The van der Waals surface area contributed by atoms with Crippen LogP contribution < -0.4 is 24.4 Å². The SMILES string of the molecule is COc1ccc(-c2oc3ccc(OC)c(O)c3c(=O)c2OCCCCBr)cc1OC. The molecule has 0 unspecified atom stereocenters. The van der Waals surface area contributed by atoms with Crippen molar-refractivity contribution in [1.29, 1.82) is 0 Å². The van der Waals surface area contributed by atoms with Crippen LogP contribution in [-0.2, 0) is 0 Å². The topological polar surface area (TPSA) is 87.4 Å². The Kier molecular flexibility index (Phi) is 7.10. The van der Waals surface area contributed by atoms with Crippen LogP contribution in [0.25, 0.3) is 22.3 Å². The Hall–Kier alpha value is -2.87. The molecule has 7 nitrogen and oxygen atoms in total. The van der Waals surface area contributed by atoms with Crippen LogP contribution in [0.4, 0.5) is 0 Å². The van der Waals surface area contributed by atoms with Gasteiger partial charge in [0, 0.05) is 10.9 Å². The molecule has 1 heterocycles. The molecular formula is C22H23BrO7. The van der Waals surface area contributed by atoms with Gasteiger partial charge in [-0.1, -0.05) is 15.9 Å². The first-order valence-corrected chi connectivity index (χ1v) is 10.5. The summed E-state index contributed by atoms with van der Waals surface area (Å²) in [6.45, 7) is 0.326. The summed E-state index contributed by atoms with van der Waals surface area (Å²) in [6, 6.07) is 8.29. The summed E-state index contributed by atoms with van der Waals surface area (Å²) >= 11 is 3.38. The highest BCUT2D eigenvalue weighted by Gasteiger charge is 2.22. The number of ether oxygens (including phenoxy) is 4. The van der Waals surface area contributed by atoms with Crippen molar-refractivity contribution in [1.82, 2.24) is 0 Å². The Morgan fingerprint density at radius 1 is 0.967 bits per heavy atom. The summed E-state index contributed by atoms with van der Waals surface area (Å²) in [5.74, 6) is 1.20. The predicted molar refractivity (Wildman–Crippen MR) is 118 cm³/mol. The lowest BCUT2D eigenvalue weighted by Crippen LogP contribution is -2.11. The van der Waals surface area contributed by atoms with Gasteiger partial charge in [-0.3, -0.25) is 4.79 Å². The van der Waals surface area contributed by atoms with Crippen LogP contribution in [0.15, 0.2) is 39.5 Å². The zero-order valence-electron chi connectivity index (χ0n) is 17.0. The number of hydrogen-bond donors (Lipinski definition) is 1. The van der Waals surface area contributed by atoms with Gasteiger partial charge in [-0.05, 0) is 43.2 Å². The maximum Gasteiger partial charge on any atom is 0.239 e. The molecule has 0 fully saturated rings. The van der Waals surface area contributed by atoms with E-state index >= 15 is 0 Å². The van der Waals surface area contributed by atoms with Gasteiger partial charge in [0.2, 0.25) is 11.2 Å². The number of rotatable bonds is 9. The number of phenolic OH excluding ortho intramolecular Hbond substituents is 1. The van der Waals surface area contributed by atoms with Crippen molar-refractivity contribution in [3.05, 3.63) is 40.6 Å². The second-order valence-corrected chi connectivity index (χ2v) is 7.19. The fourth-order valence-electron chi connectivity index (χ4n) is 3.07. The van der Waals surface area contributed by atoms with E-state index in [1.807, 2.05) is 0 Å². The van der Waals surface area contributed by atoms with Crippen molar-refractivity contribution in [2.75, 3.05) is 33.3 Å². The zero-order valence-corrected chi connectivity index (χ0v) is 18.6. The third-order valence-electron chi connectivity index (χ3n) is 4.59. The summed E-state index contributed by atoms with van der Waals surface area (Å²) in [5, 5.41) is 11.3. The number of methoxy groups -OCH3 is 3. The maximum absolute atomic E-state index is 13.3. The molecule has 30 heavy (non-hydrogen) atoms. The average Bonchev–Trinajstić information content (AvgIpc) is 2.77. The smallest absolute Gasteiger partial charge is 0.239 e. The standard InChI is InChI=1S/C22H23BrO7/c1-26-14-7-6-13(12-17(14)28-3)21-22(29-11-5-4-10-23)20(25)18-15(30-21)8-9-16(27-2)19(18)24/h6-9,12,24H,4-5,10-11H2,1-3H3. The summed E-state index contributed by atoms with van der Waals surface area (Å²) in [4.78, 5) is 13.3. The molecular weight excluding hydrogens is 456 g/mol. The molecule has 3 aromatic rings. The van der Waals surface area contributed by atoms with Crippen LogP contribution in [0.1, 0.15) is 12.8 Å². The van der Waals surface area contributed by atoms with E-state index in [2.05, 4.69) is 15.9 Å². The van der Waals surface area contributed by atoms with Gasteiger partial charge in [-0.15, -0.1) is 0 Å². The van der Waals surface area contributed by atoms with Gasteiger partial charge in [-0.25, -0.2) is 0 Å². The highest BCUT2D eigenvalue weighted by molar-refractivity contribution is 9.09. The van der Waals surface area contributed by atoms with Crippen molar-refractivity contribution < 1.29 is 28.5 Å². The molecule has 1 N–H and O–H groups in total. The Bertz CT molecular complexity index is 1090. The number of hydrogen-bond acceptors (Lipinski definition) is 7. The number of aromatic hydroxyl groups is 1. The third kappa shape index (κ3) is 4.18. The normalized spacial score (nSPS) is 10.8. The lowest BCUT2D eigenvalue weighted by Gasteiger charge is -2.14. The average molecular weight is 479 g/mol. The van der Waals surface area contributed by atoms with Crippen LogP contribution in [0, 0.1) is 0 Å². The molecule has 8 heteroatoms. The Balaban J connectivity index is 2.22. The van der Waals surface area contributed by atoms with Gasteiger partial charge in [-0.2, -0.15) is 0 Å². The molecule has 0 bridgehead atoms. The first-order valence-electron chi connectivity index (χ1n) is 9.33. The molecule has 0 aliphatic heterocycles. The molecule has 0 saturated carbocycles. The Morgan fingerprint density at radius 2 is 1.67 bits per heavy atom. The van der Waals surface area contributed by atoms with Crippen LogP contribution in [0.2, 0.25) is 0 Å². The molecule has 160 valence electrons. The van der Waals surface area contributed by atoms with Gasteiger partial charge < -0.3 is 28.5 Å². The van der Waals surface area contributed by atoms with Gasteiger partial charge in [0.1, 0.15) is 11.0 Å². The zero-order chi connectivity index (χ0) is 21.7. The van der Waals surface area contributed by atoms with Crippen LogP contribution >= 0.6 is 15.9 Å². The molecule has 0 radical (unpaired) electrons. The molecule has 2 aromatic carbocycles. The van der Waals surface area contributed by atoms with Crippen LogP contribution in [-0.4, -0.2) is 38.4 Å². The van der Waals surface area contributed by atoms with Crippen LogP contribution in [0.3, 0.4) is 0 Å². The molecule has 3 rings (SSSR count). The summed E-state index contributed by atoms with van der Waals surface area (Å²) in [5.41, 5.74) is 0.324.